The van der Waals surface area contributed by atoms with Crippen molar-refractivity contribution >= 4 is 5.57 Å². The number of nitrogens with two attached hydrogens (primary N) is 1. The van der Waals surface area contributed by atoms with Crippen LogP contribution in [0, 0.1) is 5.92 Å². The molecule has 0 saturated carbocycles. The number of benzene rings is 1. The molecule has 98 valence electrons. The number of hydrogen-bond donors (Lipinski definition) is 1. The largest absolute Gasteiger partial charge is 0.328 e. The molecule has 2 nitrogen and oxygen atoms in total. The van der Waals surface area contributed by atoms with Crippen LogP contribution in [0.4, 0.5) is 0 Å². The number of piperidine rings is 1. The Bertz CT molecular complexity index is 375. The van der Waals surface area contributed by atoms with Gasteiger partial charge in [0.15, 0.2) is 0 Å². The van der Waals surface area contributed by atoms with Gasteiger partial charge in [0, 0.05) is 12.6 Å². The van der Waals surface area contributed by atoms with Gasteiger partial charge in [-0.1, -0.05) is 36.9 Å². The predicted molar refractivity (Wildman–Crippen MR) is 78.3 cm³/mol. The zero-order valence-corrected chi connectivity index (χ0v) is 11.3. The first-order chi connectivity index (χ1) is 8.66. The van der Waals surface area contributed by atoms with Crippen LogP contribution in [0.25, 0.3) is 5.57 Å². The summed E-state index contributed by atoms with van der Waals surface area (Å²) in [7, 11) is 0. The molecular formula is C16H24N2. The van der Waals surface area contributed by atoms with Crippen LogP contribution >= 0.6 is 0 Å². The van der Waals surface area contributed by atoms with Gasteiger partial charge in [-0.2, -0.15) is 0 Å². The Kier molecular flexibility index (Phi) is 4.56. The van der Waals surface area contributed by atoms with Gasteiger partial charge in [-0.05, 0) is 49.9 Å². The molecule has 0 aliphatic carbocycles. The lowest BCUT2D eigenvalue weighted by Crippen LogP contribution is -2.40. The van der Waals surface area contributed by atoms with Crippen molar-refractivity contribution < 1.29 is 0 Å². The fourth-order valence-electron chi connectivity index (χ4n) is 2.67. The lowest BCUT2D eigenvalue weighted by Gasteiger charge is -2.34. The first-order valence-corrected chi connectivity index (χ1v) is 6.88. The SMILES string of the molecule is C=C(CN1CCC(C(C)N)CC1)c1ccccc1. The molecule has 0 spiro atoms. The second-order valence-corrected chi connectivity index (χ2v) is 5.44. The van der Waals surface area contributed by atoms with Crippen molar-refractivity contribution in [2.24, 2.45) is 11.7 Å². The third-order valence-electron chi connectivity index (χ3n) is 3.97. The molecule has 2 heteroatoms. The minimum Gasteiger partial charge on any atom is -0.328 e. The third kappa shape index (κ3) is 3.44. The zero-order chi connectivity index (χ0) is 13.0. The minimum absolute atomic E-state index is 0.337. The van der Waals surface area contributed by atoms with E-state index >= 15 is 0 Å². The van der Waals surface area contributed by atoms with E-state index < -0.39 is 0 Å². The van der Waals surface area contributed by atoms with Crippen LogP contribution in [0.15, 0.2) is 36.9 Å². The van der Waals surface area contributed by atoms with Crippen molar-refractivity contribution in [1.29, 1.82) is 0 Å². The summed E-state index contributed by atoms with van der Waals surface area (Å²) in [4.78, 5) is 2.49. The Labute approximate surface area is 110 Å². The van der Waals surface area contributed by atoms with E-state index in [1.165, 1.54) is 24.0 Å². The quantitative estimate of drug-likeness (QED) is 0.882. The van der Waals surface area contributed by atoms with Crippen LogP contribution in [0.2, 0.25) is 0 Å². The van der Waals surface area contributed by atoms with E-state index in [1.54, 1.807) is 0 Å². The molecule has 2 N–H and O–H groups in total. The fourth-order valence-corrected chi connectivity index (χ4v) is 2.67. The second-order valence-electron chi connectivity index (χ2n) is 5.44. The van der Waals surface area contributed by atoms with Gasteiger partial charge in [0.1, 0.15) is 0 Å². The maximum atomic E-state index is 5.97. The fraction of sp³-hybridized carbons (Fsp3) is 0.500. The highest BCUT2D eigenvalue weighted by Crippen LogP contribution is 2.22. The van der Waals surface area contributed by atoms with Crippen LogP contribution in [0.1, 0.15) is 25.3 Å². The van der Waals surface area contributed by atoms with Crippen LogP contribution < -0.4 is 5.73 Å². The molecule has 1 heterocycles. The molecule has 1 aliphatic heterocycles. The topological polar surface area (TPSA) is 29.3 Å². The van der Waals surface area contributed by atoms with Crippen molar-refractivity contribution in [3.8, 4) is 0 Å². The van der Waals surface area contributed by atoms with Crippen molar-refractivity contribution in [2.75, 3.05) is 19.6 Å². The average molecular weight is 244 g/mol. The monoisotopic (exact) mass is 244 g/mol. The molecule has 1 fully saturated rings. The highest BCUT2D eigenvalue weighted by atomic mass is 15.1. The summed E-state index contributed by atoms with van der Waals surface area (Å²) in [5.74, 6) is 0.700. The van der Waals surface area contributed by atoms with Crippen LogP contribution in [0.3, 0.4) is 0 Å². The van der Waals surface area contributed by atoms with Crippen LogP contribution in [-0.4, -0.2) is 30.6 Å². The molecule has 1 aromatic carbocycles. The lowest BCUT2D eigenvalue weighted by atomic mass is 9.90. The van der Waals surface area contributed by atoms with Gasteiger partial charge in [-0.15, -0.1) is 0 Å². The van der Waals surface area contributed by atoms with Crippen molar-refractivity contribution in [1.82, 2.24) is 4.90 Å². The summed E-state index contributed by atoms with van der Waals surface area (Å²) in [6.07, 6.45) is 2.44. The summed E-state index contributed by atoms with van der Waals surface area (Å²) in [5.41, 5.74) is 8.44. The first-order valence-electron chi connectivity index (χ1n) is 6.88. The van der Waals surface area contributed by atoms with E-state index in [2.05, 4.69) is 42.7 Å². The van der Waals surface area contributed by atoms with Crippen LogP contribution in [0.5, 0.6) is 0 Å². The summed E-state index contributed by atoms with van der Waals surface area (Å²) in [5, 5.41) is 0. The maximum absolute atomic E-state index is 5.97. The Morgan fingerprint density at radius 1 is 1.33 bits per heavy atom. The van der Waals surface area contributed by atoms with Gasteiger partial charge in [0.05, 0.1) is 0 Å². The van der Waals surface area contributed by atoms with E-state index in [9.17, 15) is 0 Å². The molecule has 0 radical (unpaired) electrons. The molecule has 1 saturated heterocycles. The van der Waals surface area contributed by atoms with Gasteiger partial charge >= 0.3 is 0 Å². The molecule has 0 aromatic heterocycles. The van der Waals surface area contributed by atoms with Gasteiger partial charge in [0.25, 0.3) is 0 Å². The molecule has 1 aliphatic rings. The van der Waals surface area contributed by atoms with Crippen molar-refractivity contribution in [3.05, 3.63) is 42.5 Å². The zero-order valence-electron chi connectivity index (χ0n) is 11.3. The molecule has 1 aromatic rings. The van der Waals surface area contributed by atoms with Crippen LogP contribution in [-0.2, 0) is 0 Å². The van der Waals surface area contributed by atoms with Gasteiger partial charge < -0.3 is 5.73 Å². The molecular weight excluding hydrogens is 220 g/mol. The molecule has 18 heavy (non-hydrogen) atoms. The second kappa shape index (κ2) is 6.17. The summed E-state index contributed by atoms with van der Waals surface area (Å²) >= 11 is 0. The molecule has 1 unspecified atom stereocenters. The number of rotatable bonds is 4. The number of hydrogen-bond acceptors (Lipinski definition) is 2. The van der Waals surface area contributed by atoms with E-state index in [0.29, 0.717) is 12.0 Å². The van der Waals surface area contributed by atoms with Gasteiger partial charge in [-0.3, -0.25) is 4.90 Å². The van der Waals surface area contributed by atoms with E-state index in [-0.39, 0.29) is 0 Å². The third-order valence-corrected chi connectivity index (χ3v) is 3.97. The van der Waals surface area contributed by atoms with E-state index in [4.69, 9.17) is 5.73 Å². The predicted octanol–water partition coefficient (Wildman–Crippen LogP) is 2.76. The maximum Gasteiger partial charge on any atom is 0.0233 e. The number of nitrogens with zero attached hydrogens (tertiary/aromatic N) is 1. The van der Waals surface area contributed by atoms with Crippen molar-refractivity contribution in [3.63, 3.8) is 0 Å². The van der Waals surface area contributed by atoms with E-state index in [1.807, 2.05) is 6.07 Å². The molecule has 2 rings (SSSR count). The Hall–Kier alpha value is -1.12. The number of likely N-dealkylation sites (tertiary alicyclic amines) is 1. The minimum atomic E-state index is 0.337. The summed E-state index contributed by atoms with van der Waals surface area (Å²) < 4.78 is 0. The molecule has 0 amide bonds. The van der Waals surface area contributed by atoms with Gasteiger partial charge in [-0.25, -0.2) is 0 Å². The standard InChI is InChI=1S/C16H24N2/c1-13(15-6-4-3-5-7-15)12-18-10-8-16(9-11-18)14(2)17/h3-7,14,16H,1,8-12,17H2,2H3. The normalized spacial score (nSPS) is 19.7. The lowest BCUT2D eigenvalue weighted by molar-refractivity contribution is 0.189. The van der Waals surface area contributed by atoms with E-state index in [0.717, 1.165) is 19.6 Å². The average Bonchev–Trinajstić information content (AvgIpc) is 2.40. The Balaban J connectivity index is 1.83. The summed E-state index contributed by atoms with van der Waals surface area (Å²) in [6, 6.07) is 10.8. The molecule has 0 bridgehead atoms. The van der Waals surface area contributed by atoms with Crippen molar-refractivity contribution in [2.45, 2.75) is 25.8 Å². The summed E-state index contributed by atoms with van der Waals surface area (Å²) in [6.45, 7) is 9.62. The Morgan fingerprint density at radius 2 is 1.94 bits per heavy atom. The smallest absolute Gasteiger partial charge is 0.0233 e. The Morgan fingerprint density at radius 3 is 2.50 bits per heavy atom. The first kappa shape index (κ1) is 13.3. The highest BCUT2D eigenvalue weighted by molar-refractivity contribution is 5.64. The highest BCUT2D eigenvalue weighted by Gasteiger charge is 2.21. The molecule has 1 atom stereocenters. The van der Waals surface area contributed by atoms with Gasteiger partial charge in [0.2, 0.25) is 0 Å².